The van der Waals surface area contributed by atoms with Crippen molar-refractivity contribution in [2.45, 2.75) is 84.5 Å². The summed E-state index contributed by atoms with van der Waals surface area (Å²) in [7, 11) is 0. The van der Waals surface area contributed by atoms with Crippen LogP contribution in [-0.4, -0.2) is 52.9 Å². The van der Waals surface area contributed by atoms with Gasteiger partial charge in [-0.1, -0.05) is 13.8 Å². The summed E-state index contributed by atoms with van der Waals surface area (Å²) in [4.78, 5) is 54.2. The summed E-state index contributed by atoms with van der Waals surface area (Å²) in [5.74, 6) is -1.84. The Hall–Kier alpha value is -3.73. The van der Waals surface area contributed by atoms with Crippen LogP contribution in [0.4, 0.5) is 0 Å². The van der Waals surface area contributed by atoms with Gasteiger partial charge in [-0.3, -0.25) is 19.4 Å². The minimum absolute atomic E-state index is 0.0436. The lowest BCUT2D eigenvalue weighted by molar-refractivity contribution is -0.252. The molecule has 2 aromatic rings. The van der Waals surface area contributed by atoms with Crippen molar-refractivity contribution in [2.24, 2.45) is 22.7 Å². The van der Waals surface area contributed by atoms with E-state index in [1.807, 2.05) is 13.8 Å². The lowest BCUT2D eigenvalue weighted by Gasteiger charge is -2.65. The van der Waals surface area contributed by atoms with E-state index < -0.39 is 58.1 Å². The number of aliphatic hydroxyl groups is 1. The second kappa shape index (κ2) is 11.4. The normalized spacial score (nSPS) is 32.7. The molecule has 3 aliphatic rings. The Bertz CT molecular complexity index is 1460. The van der Waals surface area contributed by atoms with Crippen LogP contribution in [0.25, 0.3) is 11.3 Å². The minimum atomic E-state index is -1.24. The highest BCUT2D eigenvalue weighted by molar-refractivity contribution is 5.69. The molecule has 43 heavy (non-hydrogen) atoms. The summed E-state index contributed by atoms with van der Waals surface area (Å²) >= 11 is 0. The Kier molecular flexibility index (Phi) is 8.15. The van der Waals surface area contributed by atoms with Gasteiger partial charge in [-0.05, 0) is 56.1 Å². The van der Waals surface area contributed by atoms with Crippen molar-refractivity contribution in [1.29, 1.82) is 0 Å². The lowest BCUT2D eigenvalue weighted by atomic mass is 9.43. The van der Waals surface area contributed by atoms with Crippen LogP contribution >= 0.6 is 0 Å². The van der Waals surface area contributed by atoms with Crippen LogP contribution in [0.3, 0.4) is 0 Å². The highest BCUT2D eigenvalue weighted by Gasteiger charge is 2.68. The van der Waals surface area contributed by atoms with Crippen molar-refractivity contribution in [3.05, 3.63) is 46.6 Å². The maximum Gasteiger partial charge on any atom is 0.345 e. The number of rotatable bonds is 7. The van der Waals surface area contributed by atoms with Crippen LogP contribution in [-0.2, 0) is 28.6 Å². The zero-order chi connectivity index (χ0) is 31.2. The van der Waals surface area contributed by atoms with E-state index >= 15 is 0 Å². The topological polar surface area (TPSA) is 151 Å². The number of esters is 3. The number of carbonyl (C=O) groups excluding carboxylic acids is 3. The van der Waals surface area contributed by atoms with Gasteiger partial charge in [0.05, 0.1) is 11.5 Å². The van der Waals surface area contributed by atoms with Gasteiger partial charge in [0, 0.05) is 50.2 Å². The molecule has 1 aliphatic heterocycles. The molecule has 3 heterocycles. The fourth-order valence-electron chi connectivity index (χ4n) is 8.13. The van der Waals surface area contributed by atoms with E-state index in [1.165, 1.54) is 13.8 Å². The molecule has 0 amide bonds. The highest BCUT2D eigenvalue weighted by Crippen LogP contribution is 2.67. The molecule has 0 radical (unpaired) electrons. The van der Waals surface area contributed by atoms with Crippen molar-refractivity contribution in [3.8, 4) is 17.1 Å². The number of ether oxygens (including phenoxy) is 4. The van der Waals surface area contributed by atoms with Gasteiger partial charge in [-0.25, -0.2) is 4.79 Å². The summed E-state index contributed by atoms with van der Waals surface area (Å²) in [6, 6.07) is 5.12. The molecular weight excluding hydrogens is 558 g/mol. The number of carbonyl (C=O) groups is 3. The van der Waals surface area contributed by atoms with Gasteiger partial charge in [0.2, 0.25) is 0 Å². The van der Waals surface area contributed by atoms with Gasteiger partial charge in [0.15, 0.2) is 0 Å². The van der Waals surface area contributed by atoms with Crippen molar-refractivity contribution < 1.29 is 42.9 Å². The molecule has 2 aliphatic carbocycles. The highest BCUT2D eigenvalue weighted by atomic mass is 16.6. The first-order valence-electron chi connectivity index (χ1n) is 14.8. The third-order valence-corrected chi connectivity index (χ3v) is 9.87. The molecule has 2 fully saturated rings. The number of aromatic nitrogens is 1. The first-order valence-corrected chi connectivity index (χ1v) is 14.8. The first kappa shape index (κ1) is 30.7. The smallest absolute Gasteiger partial charge is 0.345 e. The van der Waals surface area contributed by atoms with Crippen LogP contribution in [0, 0.1) is 22.7 Å². The van der Waals surface area contributed by atoms with Gasteiger partial charge in [-0.15, -0.1) is 0 Å². The molecule has 0 bridgehead atoms. The summed E-state index contributed by atoms with van der Waals surface area (Å²) < 4.78 is 29.4. The van der Waals surface area contributed by atoms with Gasteiger partial charge in [0.25, 0.3) is 0 Å². The zero-order valence-electron chi connectivity index (χ0n) is 25.2. The lowest BCUT2D eigenvalue weighted by Crippen LogP contribution is -2.68. The van der Waals surface area contributed by atoms with Crippen molar-refractivity contribution in [2.75, 3.05) is 13.2 Å². The SMILES string of the molecule is CCC(=O)OCC1(COC(C)=O)C(OC(C)=O)CCC2(C)C3C(O)c4c(cc(-c5cccnc5)oc4=O)OC3(C)CCC21. The van der Waals surface area contributed by atoms with Crippen LogP contribution in [0.2, 0.25) is 0 Å². The maximum atomic E-state index is 13.4. The van der Waals surface area contributed by atoms with Gasteiger partial charge in [0.1, 0.15) is 42.0 Å². The third-order valence-electron chi connectivity index (χ3n) is 9.87. The van der Waals surface area contributed by atoms with Crippen molar-refractivity contribution in [3.63, 3.8) is 0 Å². The quantitative estimate of drug-likeness (QED) is 0.362. The number of fused-ring (bicyclic) bond motifs is 4. The molecule has 2 saturated carbocycles. The van der Waals surface area contributed by atoms with E-state index in [0.29, 0.717) is 31.2 Å². The van der Waals surface area contributed by atoms with E-state index in [0.717, 1.165) is 0 Å². The molecule has 7 atom stereocenters. The van der Waals surface area contributed by atoms with Crippen LogP contribution in [0.15, 0.2) is 39.8 Å². The summed E-state index contributed by atoms with van der Waals surface area (Å²) in [5, 5.41) is 12.0. The predicted molar refractivity (Wildman–Crippen MR) is 152 cm³/mol. The van der Waals surface area contributed by atoms with Gasteiger partial charge in [-0.2, -0.15) is 0 Å². The summed E-state index contributed by atoms with van der Waals surface area (Å²) in [6.07, 6.45) is 3.26. The largest absolute Gasteiger partial charge is 0.486 e. The number of nitrogens with zero attached hydrogens (tertiary/aromatic N) is 1. The van der Waals surface area contributed by atoms with Crippen LogP contribution in [0.5, 0.6) is 5.75 Å². The molecule has 11 nitrogen and oxygen atoms in total. The molecular formula is C32H39NO10. The monoisotopic (exact) mass is 597 g/mol. The average Bonchev–Trinajstić information content (AvgIpc) is 2.95. The van der Waals surface area contributed by atoms with Crippen molar-refractivity contribution in [1.82, 2.24) is 4.98 Å². The summed E-state index contributed by atoms with van der Waals surface area (Å²) in [5.41, 5.74) is -2.74. The standard InChI is InChI=1S/C32H39NO10/c1-6-25(36)40-17-32(16-39-18(2)34)23-9-12-31(5)28(30(23,4)11-10-24(32)41-19(3)35)27(37)26-22(43-31)14-21(42-29(26)38)20-8-7-13-33-15-20/h7-8,13-15,23-24,27-28,37H,6,9-12,16-17H2,1-5H3. The Balaban J connectivity index is 1.60. The molecule has 1 N–H and O–H groups in total. The second-order valence-corrected chi connectivity index (χ2v) is 12.5. The minimum Gasteiger partial charge on any atom is -0.486 e. The Labute approximate surface area is 249 Å². The third kappa shape index (κ3) is 5.32. The van der Waals surface area contributed by atoms with Crippen molar-refractivity contribution >= 4 is 17.9 Å². The number of aliphatic hydroxyl groups excluding tert-OH is 1. The molecule has 7 unspecified atom stereocenters. The molecule has 5 rings (SSSR count). The van der Waals surface area contributed by atoms with E-state index in [-0.39, 0.29) is 42.6 Å². The Morgan fingerprint density at radius 3 is 2.49 bits per heavy atom. The molecule has 2 aromatic heterocycles. The molecule has 0 saturated heterocycles. The van der Waals surface area contributed by atoms with E-state index in [2.05, 4.69) is 4.98 Å². The zero-order valence-corrected chi connectivity index (χ0v) is 25.2. The molecule has 0 aromatic carbocycles. The van der Waals surface area contributed by atoms with Crippen LogP contribution < -0.4 is 10.4 Å². The number of hydrogen-bond donors (Lipinski definition) is 1. The summed E-state index contributed by atoms with van der Waals surface area (Å²) in [6.45, 7) is 7.96. The van der Waals surface area contributed by atoms with E-state index in [9.17, 15) is 24.3 Å². The maximum absolute atomic E-state index is 13.4. The van der Waals surface area contributed by atoms with E-state index in [4.69, 9.17) is 23.4 Å². The molecule has 232 valence electrons. The predicted octanol–water partition coefficient (Wildman–Crippen LogP) is 4.15. The molecule has 0 spiro atoms. The molecule has 11 heteroatoms. The number of pyridine rings is 1. The fourth-order valence-corrected chi connectivity index (χ4v) is 8.13. The van der Waals surface area contributed by atoms with Crippen LogP contribution in [0.1, 0.15) is 78.4 Å². The Morgan fingerprint density at radius 1 is 1.09 bits per heavy atom. The van der Waals surface area contributed by atoms with E-state index in [1.54, 1.807) is 37.5 Å². The fraction of sp³-hybridized carbons (Fsp3) is 0.594. The van der Waals surface area contributed by atoms with Gasteiger partial charge >= 0.3 is 23.5 Å². The van der Waals surface area contributed by atoms with Gasteiger partial charge < -0.3 is 28.5 Å². The Morgan fingerprint density at radius 2 is 1.84 bits per heavy atom. The average molecular weight is 598 g/mol. The second-order valence-electron chi connectivity index (χ2n) is 12.5. The first-order chi connectivity index (χ1) is 20.3. The number of hydrogen-bond acceptors (Lipinski definition) is 11.